The topological polar surface area (TPSA) is 33.5 Å². The van der Waals surface area contributed by atoms with Crippen molar-refractivity contribution in [3.8, 4) is 5.75 Å². The minimum absolute atomic E-state index is 0.823. The summed E-state index contributed by atoms with van der Waals surface area (Å²) in [6.07, 6.45) is 11.1. The Bertz CT molecular complexity index is 1080. The van der Waals surface area contributed by atoms with Gasteiger partial charge >= 0.3 is 0 Å². The van der Waals surface area contributed by atoms with Crippen LogP contribution in [-0.4, -0.2) is 59.2 Å². The zero-order valence-corrected chi connectivity index (χ0v) is 23.6. The fraction of sp³-hybridized carbons (Fsp3) is 0.594. The molecule has 2 heterocycles. The molecule has 0 atom stereocenters. The van der Waals surface area contributed by atoms with Crippen LogP contribution < -0.4 is 4.74 Å². The molecule has 37 heavy (non-hydrogen) atoms. The van der Waals surface area contributed by atoms with Gasteiger partial charge in [0, 0.05) is 19.5 Å². The zero-order chi connectivity index (χ0) is 25.9. The number of likely N-dealkylation sites (tertiary alicyclic amines) is 1. The van der Waals surface area contributed by atoms with Gasteiger partial charge in [-0.3, -0.25) is 4.90 Å². The second kappa shape index (κ2) is 14.5. The Morgan fingerprint density at radius 3 is 2.38 bits per heavy atom. The molecule has 0 spiro atoms. The monoisotopic (exact) mass is 504 g/mol. The highest BCUT2D eigenvalue weighted by molar-refractivity contribution is 5.77. The van der Waals surface area contributed by atoms with E-state index in [4.69, 9.17) is 9.72 Å². The van der Waals surface area contributed by atoms with E-state index in [1.807, 2.05) is 6.07 Å². The van der Waals surface area contributed by atoms with Gasteiger partial charge in [-0.1, -0.05) is 51.3 Å². The van der Waals surface area contributed by atoms with Crippen molar-refractivity contribution in [1.29, 1.82) is 0 Å². The van der Waals surface area contributed by atoms with Crippen LogP contribution in [0.2, 0.25) is 0 Å². The Kier molecular flexibility index (Phi) is 10.9. The summed E-state index contributed by atoms with van der Waals surface area (Å²) in [5, 5.41) is 0. The maximum absolute atomic E-state index is 5.48. The molecule has 1 fully saturated rings. The number of methoxy groups -OCH3 is 1. The average molecular weight is 505 g/mol. The van der Waals surface area contributed by atoms with E-state index in [1.54, 1.807) is 7.11 Å². The maximum atomic E-state index is 5.48. The first kappa shape index (κ1) is 27.7. The van der Waals surface area contributed by atoms with Gasteiger partial charge in [0.2, 0.25) is 0 Å². The number of aryl methyl sites for hydroxylation is 1. The van der Waals surface area contributed by atoms with Gasteiger partial charge in [-0.05, 0) is 100 Å². The van der Waals surface area contributed by atoms with Crippen LogP contribution in [0.3, 0.4) is 0 Å². The molecule has 0 unspecified atom stereocenters. The number of benzene rings is 2. The highest BCUT2D eigenvalue weighted by Crippen LogP contribution is 2.23. The molecule has 5 heteroatoms. The van der Waals surface area contributed by atoms with Crippen molar-refractivity contribution in [2.24, 2.45) is 0 Å². The maximum Gasteiger partial charge on any atom is 0.119 e. The van der Waals surface area contributed by atoms with Crippen LogP contribution in [0.4, 0.5) is 0 Å². The SMILES string of the molecule is CCCCN(CCCC)Cc1ccc2nc(Cc3cccc(OC)c3)n(CCCN3CCCCC3)c2c1. The largest absolute Gasteiger partial charge is 0.497 e. The molecule has 0 amide bonds. The Hall–Kier alpha value is -2.37. The summed E-state index contributed by atoms with van der Waals surface area (Å²) in [4.78, 5) is 10.4. The van der Waals surface area contributed by atoms with Crippen LogP contribution >= 0.6 is 0 Å². The summed E-state index contributed by atoms with van der Waals surface area (Å²) in [7, 11) is 1.74. The Balaban J connectivity index is 1.57. The van der Waals surface area contributed by atoms with E-state index < -0.39 is 0 Å². The molecule has 3 aromatic rings. The molecule has 5 nitrogen and oxygen atoms in total. The van der Waals surface area contributed by atoms with Gasteiger partial charge in [0.15, 0.2) is 0 Å². The van der Waals surface area contributed by atoms with Crippen LogP contribution in [-0.2, 0) is 19.5 Å². The molecule has 0 radical (unpaired) electrons. The predicted octanol–water partition coefficient (Wildman–Crippen LogP) is 6.91. The van der Waals surface area contributed by atoms with Crippen molar-refractivity contribution in [2.45, 2.75) is 84.7 Å². The third-order valence-corrected chi connectivity index (χ3v) is 7.75. The van der Waals surface area contributed by atoms with Gasteiger partial charge in [-0.2, -0.15) is 0 Å². The summed E-state index contributed by atoms with van der Waals surface area (Å²) in [6, 6.07) is 15.4. The number of aromatic nitrogens is 2. The number of hydrogen-bond donors (Lipinski definition) is 0. The molecule has 2 aromatic carbocycles. The number of imidazole rings is 1. The van der Waals surface area contributed by atoms with E-state index in [1.165, 1.54) is 101 Å². The molecule has 0 N–H and O–H groups in total. The van der Waals surface area contributed by atoms with Crippen molar-refractivity contribution in [3.63, 3.8) is 0 Å². The zero-order valence-electron chi connectivity index (χ0n) is 23.6. The molecule has 4 rings (SSSR count). The third kappa shape index (κ3) is 8.05. The van der Waals surface area contributed by atoms with E-state index >= 15 is 0 Å². The van der Waals surface area contributed by atoms with Crippen molar-refractivity contribution < 1.29 is 4.74 Å². The summed E-state index contributed by atoms with van der Waals surface area (Å²) in [5.74, 6) is 2.07. The summed E-state index contributed by atoms with van der Waals surface area (Å²) < 4.78 is 7.99. The van der Waals surface area contributed by atoms with Gasteiger partial charge in [0.25, 0.3) is 0 Å². The second-order valence-corrected chi connectivity index (χ2v) is 10.8. The Morgan fingerprint density at radius 2 is 1.65 bits per heavy atom. The van der Waals surface area contributed by atoms with Crippen molar-refractivity contribution in [1.82, 2.24) is 19.4 Å². The van der Waals surface area contributed by atoms with E-state index in [0.717, 1.165) is 36.6 Å². The summed E-state index contributed by atoms with van der Waals surface area (Å²) in [6.45, 7) is 12.7. The lowest BCUT2D eigenvalue weighted by molar-refractivity contribution is 0.223. The molecule has 1 aromatic heterocycles. The molecule has 0 aliphatic carbocycles. The van der Waals surface area contributed by atoms with Crippen LogP contribution in [0.1, 0.15) is 82.2 Å². The average Bonchev–Trinajstić information content (AvgIpc) is 3.27. The normalized spacial score (nSPS) is 14.6. The van der Waals surface area contributed by atoms with Gasteiger partial charge < -0.3 is 14.2 Å². The number of rotatable bonds is 15. The first-order valence-corrected chi connectivity index (χ1v) is 14.8. The Labute approximate surface area is 224 Å². The fourth-order valence-corrected chi connectivity index (χ4v) is 5.59. The van der Waals surface area contributed by atoms with E-state index in [9.17, 15) is 0 Å². The molecular weight excluding hydrogens is 456 g/mol. The van der Waals surface area contributed by atoms with E-state index in [2.05, 4.69) is 64.6 Å². The van der Waals surface area contributed by atoms with Crippen LogP contribution in [0.25, 0.3) is 11.0 Å². The molecule has 1 aliphatic rings. The standard InChI is InChI=1S/C32H48N4O/c1-4-6-17-35(18-7-5-2)26-28-15-16-30-31(24-28)36(22-12-21-34-19-9-8-10-20-34)32(33-30)25-27-13-11-14-29(23-27)37-3/h11,13-16,23-24H,4-10,12,17-22,25-26H2,1-3H3. The minimum atomic E-state index is 0.823. The first-order valence-electron chi connectivity index (χ1n) is 14.8. The molecule has 0 bridgehead atoms. The lowest BCUT2D eigenvalue weighted by atomic mass is 10.1. The second-order valence-electron chi connectivity index (χ2n) is 10.8. The molecule has 202 valence electrons. The van der Waals surface area contributed by atoms with Crippen molar-refractivity contribution in [3.05, 3.63) is 59.4 Å². The van der Waals surface area contributed by atoms with Crippen LogP contribution in [0, 0.1) is 0 Å². The smallest absolute Gasteiger partial charge is 0.119 e. The van der Waals surface area contributed by atoms with Gasteiger partial charge in [0.05, 0.1) is 18.1 Å². The van der Waals surface area contributed by atoms with Gasteiger partial charge in [-0.25, -0.2) is 4.98 Å². The first-order chi connectivity index (χ1) is 18.2. The van der Waals surface area contributed by atoms with Crippen molar-refractivity contribution in [2.75, 3.05) is 39.8 Å². The number of ether oxygens (including phenoxy) is 1. The molecular formula is C32H48N4O. The molecule has 0 saturated carbocycles. The Morgan fingerprint density at radius 1 is 0.865 bits per heavy atom. The van der Waals surface area contributed by atoms with E-state index in [0.29, 0.717) is 0 Å². The number of piperidine rings is 1. The summed E-state index contributed by atoms with van der Waals surface area (Å²) >= 11 is 0. The number of fused-ring (bicyclic) bond motifs is 1. The van der Waals surface area contributed by atoms with Crippen LogP contribution in [0.5, 0.6) is 5.75 Å². The molecule has 1 aliphatic heterocycles. The minimum Gasteiger partial charge on any atom is -0.497 e. The number of hydrogen-bond acceptors (Lipinski definition) is 4. The van der Waals surface area contributed by atoms with Crippen molar-refractivity contribution >= 4 is 11.0 Å². The number of nitrogens with zero attached hydrogens (tertiary/aromatic N) is 4. The highest BCUT2D eigenvalue weighted by Gasteiger charge is 2.15. The number of unbranched alkanes of at least 4 members (excludes halogenated alkanes) is 2. The lowest BCUT2D eigenvalue weighted by Gasteiger charge is -2.26. The van der Waals surface area contributed by atoms with Crippen LogP contribution in [0.15, 0.2) is 42.5 Å². The highest BCUT2D eigenvalue weighted by atomic mass is 16.5. The predicted molar refractivity (Wildman–Crippen MR) is 156 cm³/mol. The molecule has 1 saturated heterocycles. The summed E-state index contributed by atoms with van der Waals surface area (Å²) in [5.41, 5.74) is 5.07. The van der Waals surface area contributed by atoms with Gasteiger partial charge in [-0.15, -0.1) is 0 Å². The fourth-order valence-electron chi connectivity index (χ4n) is 5.59. The van der Waals surface area contributed by atoms with Gasteiger partial charge in [0.1, 0.15) is 11.6 Å². The third-order valence-electron chi connectivity index (χ3n) is 7.75. The quantitative estimate of drug-likeness (QED) is 0.225. The van der Waals surface area contributed by atoms with E-state index in [-0.39, 0.29) is 0 Å². The lowest BCUT2D eigenvalue weighted by Crippen LogP contribution is -2.31.